The van der Waals surface area contributed by atoms with E-state index >= 15 is 0 Å². The Labute approximate surface area is 188 Å². The Bertz CT molecular complexity index is 1210. The lowest BCUT2D eigenvalue weighted by Gasteiger charge is -2.32. The van der Waals surface area contributed by atoms with Gasteiger partial charge in [-0.3, -0.25) is 9.59 Å². The summed E-state index contributed by atoms with van der Waals surface area (Å²) in [7, 11) is 0. The quantitative estimate of drug-likeness (QED) is 0.489. The third kappa shape index (κ3) is 5.07. The average molecular weight is 426 g/mol. The summed E-state index contributed by atoms with van der Waals surface area (Å²) < 4.78 is 0. The zero-order valence-electron chi connectivity index (χ0n) is 18.5. The number of carbonyl (C=O) groups is 2. The van der Waals surface area contributed by atoms with Gasteiger partial charge in [0.05, 0.1) is 0 Å². The van der Waals surface area contributed by atoms with Gasteiger partial charge in [-0.1, -0.05) is 48.2 Å². The summed E-state index contributed by atoms with van der Waals surface area (Å²) in [4.78, 5) is 28.0. The van der Waals surface area contributed by atoms with E-state index < -0.39 is 5.60 Å². The molecule has 0 radical (unpaired) electrons. The van der Waals surface area contributed by atoms with Crippen molar-refractivity contribution in [2.24, 2.45) is 5.92 Å². The number of ketones is 1. The van der Waals surface area contributed by atoms with Crippen molar-refractivity contribution in [1.29, 1.82) is 0 Å². The number of aliphatic hydroxyl groups is 1. The lowest BCUT2D eigenvalue weighted by Crippen LogP contribution is -2.42. The number of fused-ring (bicyclic) bond motifs is 1. The number of piperidine rings is 1. The van der Waals surface area contributed by atoms with Crippen molar-refractivity contribution in [3.8, 4) is 11.8 Å². The number of likely N-dealkylation sites (tertiary alicyclic amines) is 1. The van der Waals surface area contributed by atoms with Crippen LogP contribution in [0.5, 0.6) is 0 Å². The minimum atomic E-state index is -1.06. The van der Waals surface area contributed by atoms with E-state index in [0.717, 1.165) is 29.2 Å². The average Bonchev–Trinajstić information content (AvgIpc) is 2.81. The van der Waals surface area contributed by atoms with Gasteiger partial charge in [-0.25, -0.2) is 0 Å². The molecule has 3 aromatic carbocycles. The van der Waals surface area contributed by atoms with Gasteiger partial charge in [-0.15, -0.1) is 0 Å². The van der Waals surface area contributed by atoms with Crippen molar-refractivity contribution in [3.05, 3.63) is 83.4 Å². The summed E-state index contributed by atoms with van der Waals surface area (Å²) in [6.45, 7) is 4.35. The zero-order chi connectivity index (χ0) is 22.7. The zero-order valence-corrected chi connectivity index (χ0v) is 18.5. The van der Waals surface area contributed by atoms with Gasteiger partial charge in [-0.2, -0.15) is 0 Å². The summed E-state index contributed by atoms with van der Waals surface area (Å²) in [5.41, 5.74) is 0.969. The van der Waals surface area contributed by atoms with Crippen LogP contribution in [0.25, 0.3) is 10.8 Å². The second-order valence-corrected chi connectivity index (χ2v) is 8.90. The molecule has 1 N–H and O–H groups in total. The Morgan fingerprint density at radius 2 is 1.66 bits per heavy atom. The number of carbonyl (C=O) groups excluding carboxylic acids is 2. The van der Waals surface area contributed by atoms with Crippen molar-refractivity contribution in [2.75, 3.05) is 13.1 Å². The first-order valence-corrected chi connectivity index (χ1v) is 11.0. The predicted octanol–water partition coefficient (Wildman–Crippen LogP) is 4.70. The number of hydrogen-bond donors (Lipinski definition) is 1. The molecular weight excluding hydrogens is 398 g/mol. The summed E-state index contributed by atoms with van der Waals surface area (Å²) in [6, 6.07) is 20.9. The number of rotatable bonds is 3. The highest BCUT2D eigenvalue weighted by molar-refractivity contribution is 6.02. The lowest BCUT2D eigenvalue weighted by atomic mass is 9.89. The molecule has 1 heterocycles. The van der Waals surface area contributed by atoms with Crippen LogP contribution in [-0.4, -0.2) is 40.4 Å². The highest BCUT2D eigenvalue weighted by atomic mass is 16.3. The molecule has 0 aliphatic carbocycles. The molecule has 0 spiro atoms. The van der Waals surface area contributed by atoms with Crippen LogP contribution in [0.3, 0.4) is 0 Å². The summed E-state index contributed by atoms with van der Waals surface area (Å²) >= 11 is 0. The first-order valence-electron chi connectivity index (χ1n) is 11.0. The molecule has 0 aromatic heterocycles. The molecule has 1 aliphatic heterocycles. The van der Waals surface area contributed by atoms with E-state index in [1.165, 1.54) is 0 Å². The SMILES string of the molecule is CC(C)(O)C#Cc1ccc(C(=O)N2CCC[C@H](C(=O)c3ccc4ccccc4c3)C2)cc1. The molecule has 4 heteroatoms. The van der Waals surface area contributed by atoms with E-state index in [4.69, 9.17) is 0 Å². The van der Waals surface area contributed by atoms with Gasteiger partial charge < -0.3 is 10.0 Å². The number of benzene rings is 3. The Balaban J connectivity index is 1.46. The number of hydrogen-bond acceptors (Lipinski definition) is 3. The molecule has 4 rings (SSSR count). The van der Waals surface area contributed by atoms with Gasteiger partial charge in [-0.05, 0) is 67.8 Å². The minimum Gasteiger partial charge on any atom is -0.378 e. The van der Waals surface area contributed by atoms with Gasteiger partial charge in [0.1, 0.15) is 5.60 Å². The third-order valence-corrected chi connectivity index (χ3v) is 5.76. The van der Waals surface area contributed by atoms with Crippen molar-refractivity contribution in [1.82, 2.24) is 4.90 Å². The topological polar surface area (TPSA) is 57.6 Å². The Hall–Kier alpha value is -3.42. The maximum Gasteiger partial charge on any atom is 0.253 e. The van der Waals surface area contributed by atoms with Crippen molar-refractivity contribution < 1.29 is 14.7 Å². The van der Waals surface area contributed by atoms with Gasteiger partial charge in [0.15, 0.2) is 5.78 Å². The standard InChI is InChI=1S/C28H27NO3/c1-28(2,32)16-15-20-9-11-22(12-10-20)27(31)29-17-5-8-25(19-29)26(30)24-14-13-21-6-3-4-7-23(21)18-24/h3-4,6-7,9-14,18,25,32H,5,8,17,19H2,1-2H3/t25-/m0/s1. The first kappa shape index (κ1) is 21.8. The Kier molecular flexibility index (Phi) is 6.12. The predicted molar refractivity (Wildman–Crippen MR) is 127 cm³/mol. The van der Waals surface area contributed by atoms with E-state index in [1.807, 2.05) is 42.5 Å². The van der Waals surface area contributed by atoms with Gasteiger partial charge >= 0.3 is 0 Å². The van der Waals surface area contributed by atoms with Crippen LogP contribution in [0.2, 0.25) is 0 Å². The van der Waals surface area contributed by atoms with E-state index in [0.29, 0.717) is 24.2 Å². The molecule has 3 aromatic rings. The lowest BCUT2D eigenvalue weighted by molar-refractivity contribution is 0.0637. The molecule has 1 amide bonds. The number of amides is 1. The number of Topliss-reactive ketones (excluding diaryl/α,β-unsaturated/α-hetero) is 1. The second kappa shape index (κ2) is 8.98. The Morgan fingerprint density at radius 3 is 2.38 bits per heavy atom. The van der Waals surface area contributed by atoms with Crippen LogP contribution in [0, 0.1) is 17.8 Å². The molecule has 0 unspecified atom stereocenters. The summed E-state index contributed by atoms with van der Waals surface area (Å²) in [5.74, 6) is 5.53. The van der Waals surface area contributed by atoms with E-state index in [2.05, 4.69) is 11.8 Å². The highest BCUT2D eigenvalue weighted by Crippen LogP contribution is 2.24. The van der Waals surface area contributed by atoms with E-state index in [9.17, 15) is 14.7 Å². The Morgan fingerprint density at radius 1 is 0.969 bits per heavy atom. The molecule has 1 aliphatic rings. The molecule has 1 atom stereocenters. The van der Waals surface area contributed by atoms with Crippen LogP contribution >= 0.6 is 0 Å². The van der Waals surface area contributed by atoms with Gasteiger partial charge in [0.25, 0.3) is 5.91 Å². The first-order chi connectivity index (χ1) is 15.3. The van der Waals surface area contributed by atoms with Crippen molar-refractivity contribution in [3.63, 3.8) is 0 Å². The van der Waals surface area contributed by atoms with Gasteiger partial charge in [0, 0.05) is 35.7 Å². The van der Waals surface area contributed by atoms with Crippen LogP contribution < -0.4 is 0 Å². The maximum absolute atomic E-state index is 13.2. The third-order valence-electron chi connectivity index (χ3n) is 5.76. The molecule has 0 bridgehead atoms. The second-order valence-electron chi connectivity index (χ2n) is 8.90. The van der Waals surface area contributed by atoms with Crippen molar-refractivity contribution >= 4 is 22.5 Å². The fourth-order valence-electron chi connectivity index (χ4n) is 4.06. The highest BCUT2D eigenvalue weighted by Gasteiger charge is 2.29. The molecule has 1 fully saturated rings. The van der Waals surface area contributed by atoms with E-state index in [1.54, 1.807) is 43.0 Å². The number of nitrogens with zero attached hydrogens (tertiary/aromatic N) is 1. The smallest absolute Gasteiger partial charge is 0.253 e. The fraction of sp³-hybridized carbons (Fsp3) is 0.286. The van der Waals surface area contributed by atoms with Crippen molar-refractivity contribution in [2.45, 2.75) is 32.3 Å². The van der Waals surface area contributed by atoms with Crippen LogP contribution in [0.4, 0.5) is 0 Å². The van der Waals surface area contributed by atoms with E-state index in [-0.39, 0.29) is 17.6 Å². The summed E-state index contributed by atoms with van der Waals surface area (Å²) in [5, 5.41) is 11.9. The minimum absolute atomic E-state index is 0.0667. The molecule has 32 heavy (non-hydrogen) atoms. The van der Waals surface area contributed by atoms with Crippen LogP contribution in [0.15, 0.2) is 66.7 Å². The summed E-state index contributed by atoms with van der Waals surface area (Å²) in [6.07, 6.45) is 1.60. The van der Waals surface area contributed by atoms with Gasteiger partial charge in [0.2, 0.25) is 0 Å². The molecule has 162 valence electrons. The normalized spacial score (nSPS) is 16.3. The fourth-order valence-corrected chi connectivity index (χ4v) is 4.06. The van der Waals surface area contributed by atoms with Crippen LogP contribution in [-0.2, 0) is 0 Å². The van der Waals surface area contributed by atoms with Crippen LogP contribution in [0.1, 0.15) is 53.0 Å². The molecular formula is C28H27NO3. The monoisotopic (exact) mass is 425 g/mol. The maximum atomic E-state index is 13.2. The molecule has 0 saturated carbocycles. The molecule has 4 nitrogen and oxygen atoms in total. The largest absolute Gasteiger partial charge is 0.378 e. The molecule has 1 saturated heterocycles.